The highest BCUT2D eigenvalue weighted by Crippen LogP contribution is 2.01. The second-order valence-corrected chi connectivity index (χ2v) is 4.62. The first-order valence-corrected chi connectivity index (χ1v) is 5.34. The third kappa shape index (κ3) is 6.17. The van der Waals surface area contributed by atoms with Crippen molar-refractivity contribution in [2.75, 3.05) is 27.2 Å². The normalized spacial score (nSPS) is 9.53. The number of nitrogens with zero attached hydrogens (tertiary/aromatic N) is 1. The van der Waals surface area contributed by atoms with Crippen LogP contribution in [0.4, 0.5) is 0 Å². The lowest BCUT2D eigenvalue weighted by atomic mass is 10.1. The van der Waals surface area contributed by atoms with Crippen molar-refractivity contribution in [1.82, 2.24) is 0 Å². The average molecular weight is 292 g/mol. The highest BCUT2D eigenvalue weighted by atomic mass is 79.9. The molecule has 1 rings (SSSR count). The van der Waals surface area contributed by atoms with E-state index in [4.69, 9.17) is 6.42 Å². The predicted octanol–water partition coefficient (Wildman–Crippen LogP) is -0.940. The van der Waals surface area contributed by atoms with Gasteiger partial charge in [0.15, 0.2) is 0 Å². The first kappa shape index (κ1) is 15.8. The van der Waals surface area contributed by atoms with Crippen LogP contribution in [0.5, 0.6) is 0 Å². The minimum atomic E-state index is 0. The third-order valence-corrected chi connectivity index (χ3v) is 2.31. The molecule has 1 aromatic carbocycles. The molecule has 17 heavy (non-hydrogen) atoms. The van der Waals surface area contributed by atoms with E-state index >= 15 is 0 Å². The summed E-state index contributed by atoms with van der Waals surface area (Å²) in [5.41, 5.74) is 2.32. The second kappa shape index (κ2) is 7.17. The summed E-state index contributed by atoms with van der Waals surface area (Å²) < 4.78 is 0.745. The van der Waals surface area contributed by atoms with Crippen molar-refractivity contribution < 1.29 is 21.5 Å². The largest absolute Gasteiger partial charge is 1.00 e. The Hall–Kier alpha value is -1.22. The second-order valence-electron chi connectivity index (χ2n) is 4.62. The lowest BCUT2D eigenvalue weighted by molar-refractivity contribution is -0.875. The van der Waals surface area contributed by atoms with Crippen molar-refractivity contribution in [3.8, 4) is 24.2 Å². The standard InChI is InChI=1S/C15H18N.BrH/c1-5-12-16(3,4)13-6-7-15-10-8-14(2)9-11-15;/h1,8-11H,12-13H2,2-4H3;1H/q+1;/p-1. The van der Waals surface area contributed by atoms with Gasteiger partial charge in [0.1, 0.15) is 13.1 Å². The number of rotatable bonds is 2. The quantitative estimate of drug-likeness (QED) is 0.488. The van der Waals surface area contributed by atoms with Gasteiger partial charge in [0.05, 0.1) is 14.1 Å². The van der Waals surface area contributed by atoms with Crippen LogP contribution in [-0.4, -0.2) is 31.7 Å². The van der Waals surface area contributed by atoms with Crippen LogP contribution in [0.3, 0.4) is 0 Å². The molecule has 0 aliphatic rings. The fourth-order valence-electron chi connectivity index (χ4n) is 1.30. The maximum absolute atomic E-state index is 5.30. The van der Waals surface area contributed by atoms with Crippen LogP contribution < -0.4 is 17.0 Å². The molecule has 90 valence electrons. The van der Waals surface area contributed by atoms with E-state index in [2.05, 4.69) is 50.9 Å². The van der Waals surface area contributed by atoms with Gasteiger partial charge in [-0.15, -0.1) is 6.42 Å². The van der Waals surface area contributed by atoms with Gasteiger partial charge in [-0.3, -0.25) is 0 Å². The fourth-order valence-corrected chi connectivity index (χ4v) is 1.30. The monoisotopic (exact) mass is 291 g/mol. The molecule has 0 fully saturated rings. The Morgan fingerprint density at radius 2 is 1.71 bits per heavy atom. The summed E-state index contributed by atoms with van der Waals surface area (Å²) in [5.74, 6) is 8.99. The minimum absolute atomic E-state index is 0. The smallest absolute Gasteiger partial charge is 0.141 e. The molecule has 0 aliphatic heterocycles. The van der Waals surface area contributed by atoms with Crippen molar-refractivity contribution in [2.45, 2.75) is 6.92 Å². The Kier molecular flexibility index (Phi) is 6.66. The molecule has 0 radical (unpaired) electrons. The van der Waals surface area contributed by atoms with Gasteiger partial charge in [-0.05, 0) is 30.9 Å². The van der Waals surface area contributed by atoms with Crippen molar-refractivity contribution in [2.24, 2.45) is 0 Å². The Morgan fingerprint density at radius 1 is 1.12 bits per heavy atom. The Labute approximate surface area is 115 Å². The van der Waals surface area contributed by atoms with E-state index in [1.807, 2.05) is 12.1 Å². The van der Waals surface area contributed by atoms with Crippen LogP contribution in [0.1, 0.15) is 11.1 Å². The van der Waals surface area contributed by atoms with Crippen molar-refractivity contribution in [1.29, 1.82) is 0 Å². The Morgan fingerprint density at radius 3 is 2.24 bits per heavy atom. The molecular formula is C15H18BrN. The topological polar surface area (TPSA) is 0 Å². The number of quaternary nitrogens is 1. The van der Waals surface area contributed by atoms with Gasteiger partial charge in [0.25, 0.3) is 0 Å². The predicted molar refractivity (Wildman–Crippen MR) is 68.7 cm³/mol. The zero-order chi connectivity index (χ0) is 12.0. The number of aryl methyl sites for hydroxylation is 1. The molecule has 0 saturated heterocycles. The first-order valence-electron chi connectivity index (χ1n) is 5.34. The minimum Gasteiger partial charge on any atom is -1.00 e. The summed E-state index contributed by atoms with van der Waals surface area (Å²) in [4.78, 5) is 0. The lowest BCUT2D eigenvalue weighted by Gasteiger charge is -2.24. The van der Waals surface area contributed by atoms with Crippen LogP contribution >= 0.6 is 0 Å². The fraction of sp³-hybridized carbons (Fsp3) is 0.333. The summed E-state index contributed by atoms with van der Waals surface area (Å²) in [7, 11) is 4.17. The van der Waals surface area contributed by atoms with Crippen LogP contribution in [-0.2, 0) is 0 Å². The molecule has 0 saturated carbocycles. The van der Waals surface area contributed by atoms with Crippen LogP contribution in [0, 0.1) is 31.1 Å². The molecule has 0 aromatic heterocycles. The molecule has 0 aliphatic carbocycles. The van der Waals surface area contributed by atoms with Gasteiger partial charge in [-0.2, -0.15) is 0 Å². The first-order chi connectivity index (χ1) is 7.53. The zero-order valence-electron chi connectivity index (χ0n) is 10.6. The Bertz CT molecular complexity index is 441. The van der Waals surface area contributed by atoms with E-state index < -0.39 is 0 Å². The molecule has 2 heteroatoms. The summed E-state index contributed by atoms with van der Waals surface area (Å²) in [6, 6.07) is 8.24. The lowest BCUT2D eigenvalue weighted by Crippen LogP contribution is -3.00. The van der Waals surface area contributed by atoms with E-state index in [-0.39, 0.29) is 17.0 Å². The number of benzene rings is 1. The SMILES string of the molecule is C#CC[N+](C)(C)CC#Cc1ccc(C)cc1.[Br-]. The Balaban J connectivity index is 0.00000256. The number of hydrogen-bond donors (Lipinski definition) is 0. The molecule has 0 N–H and O–H groups in total. The maximum Gasteiger partial charge on any atom is 0.141 e. The summed E-state index contributed by atoms with van der Waals surface area (Å²) in [6.45, 7) is 3.56. The average Bonchev–Trinajstić information content (AvgIpc) is 2.20. The number of hydrogen-bond acceptors (Lipinski definition) is 0. The summed E-state index contributed by atoms with van der Waals surface area (Å²) >= 11 is 0. The van der Waals surface area contributed by atoms with Crippen molar-refractivity contribution in [3.05, 3.63) is 35.4 Å². The van der Waals surface area contributed by atoms with Crippen LogP contribution in [0.15, 0.2) is 24.3 Å². The molecule has 0 spiro atoms. The highest BCUT2D eigenvalue weighted by molar-refractivity contribution is 5.35. The third-order valence-electron chi connectivity index (χ3n) is 2.31. The van der Waals surface area contributed by atoms with Crippen LogP contribution in [0.25, 0.3) is 0 Å². The molecule has 0 heterocycles. The summed E-state index contributed by atoms with van der Waals surface area (Å²) in [5, 5.41) is 0. The van der Waals surface area contributed by atoms with Gasteiger partial charge in [0, 0.05) is 5.56 Å². The molecule has 0 atom stereocenters. The van der Waals surface area contributed by atoms with Gasteiger partial charge < -0.3 is 21.5 Å². The van der Waals surface area contributed by atoms with E-state index in [1.54, 1.807) is 0 Å². The van der Waals surface area contributed by atoms with E-state index in [0.29, 0.717) is 6.54 Å². The molecular weight excluding hydrogens is 274 g/mol. The molecule has 0 unspecified atom stereocenters. The molecule has 1 nitrogen and oxygen atoms in total. The van der Waals surface area contributed by atoms with Crippen LogP contribution in [0.2, 0.25) is 0 Å². The van der Waals surface area contributed by atoms with Gasteiger partial charge in [-0.25, -0.2) is 0 Å². The van der Waals surface area contributed by atoms with E-state index in [9.17, 15) is 0 Å². The van der Waals surface area contributed by atoms with Crippen molar-refractivity contribution >= 4 is 0 Å². The highest BCUT2D eigenvalue weighted by Gasteiger charge is 2.09. The molecule has 0 amide bonds. The number of halogens is 1. The van der Waals surface area contributed by atoms with Gasteiger partial charge >= 0.3 is 0 Å². The number of terminal acetylenes is 1. The van der Waals surface area contributed by atoms with Gasteiger partial charge in [0.2, 0.25) is 0 Å². The van der Waals surface area contributed by atoms with Gasteiger partial charge in [-0.1, -0.05) is 23.6 Å². The van der Waals surface area contributed by atoms with Crippen molar-refractivity contribution in [3.63, 3.8) is 0 Å². The molecule has 1 aromatic rings. The maximum atomic E-state index is 5.30. The van der Waals surface area contributed by atoms with E-state index in [0.717, 1.165) is 16.6 Å². The van der Waals surface area contributed by atoms with E-state index in [1.165, 1.54) is 5.56 Å². The summed E-state index contributed by atoms with van der Waals surface area (Å²) in [6.07, 6.45) is 5.30. The molecule has 0 bridgehead atoms. The zero-order valence-corrected chi connectivity index (χ0v) is 12.2.